The van der Waals surface area contributed by atoms with Gasteiger partial charge in [0.05, 0.1) is 52.2 Å². The van der Waals surface area contributed by atoms with Crippen LogP contribution in [-0.2, 0) is 0 Å². The van der Waals surface area contributed by atoms with Crippen LogP contribution in [0.4, 0.5) is 0 Å². The summed E-state index contributed by atoms with van der Waals surface area (Å²) in [6.45, 7) is 0. The number of benzene rings is 2. The third-order valence-corrected chi connectivity index (χ3v) is 3.95. The summed E-state index contributed by atoms with van der Waals surface area (Å²) < 4.78 is 26.3. The van der Waals surface area contributed by atoms with Gasteiger partial charge in [-0.25, -0.2) is 4.79 Å². The lowest BCUT2D eigenvalue weighted by atomic mass is 9.95. The van der Waals surface area contributed by atoms with Gasteiger partial charge in [-0.05, 0) is 24.3 Å². The quantitative estimate of drug-likeness (QED) is 0.702. The zero-order valence-corrected chi connectivity index (χ0v) is 15.6. The fraction of sp³-hybridized carbons (Fsp3) is 0.263. The van der Waals surface area contributed by atoms with Crippen LogP contribution in [0.25, 0.3) is 0 Å². The van der Waals surface area contributed by atoms with Crippen LogP contribution in [0.5, 0.6) is 28.7 Å². The minimum Gasteiger partial charge on any atom is -0.493 e. The third-order valence-electron chi connectivity index (χ3n) is 3.95. The lowest BCUT2D eigenvalue weighted by Gasteiger charge is -2.18. The lowest BCUT2D eigenvalue weighted by molar-refractivity contribution is 0.0692. The van der Waals surface area contributed by atoms with Gasteiger partial charge in [-0.2, -0.15) is 0 Å². The highest BCUT2D eigenvalue weighted by Crippen LogP contribution is 2.42. The Morgan fingerprint density at radius 3 is 1.59 bits per heavy atom. The molecule has 1 N–H and O–H groups in total. The normalized spacial score (nSPS) is 10.1. The standard InChI is InChI=1S/C19H20O8/c1-23-12-8-6-10(19(21)22)14(17(12)26-4)15(20)11-7-9-13(24-2)18(27-5)16(11)25-3/h6-9H,1-5H3,(H,21,22). The number of methoxy groups -OCH3 is 5. The SMILES string of the molecule is COc1ccc(C(=O)c2c(C(=O)O)ccc(OC)c2OC)c(OC)c1OC. The molecule has 0 atom stereocenters. The number of carbonyl (C=O) groups excluding carboxylic acids is 1. The van der Waals surface area contributed by atoms with E-state index in [4.69, 9.17) is 23.7 Å². The molecule has 27 heavy (non-hydrogen) atoms. The highest BCUT2D eigenvalue weighted by Gasteiger charge is 2.29. The third kappa shape index (κ3) is 3.46. The second-order valence-corrected chi connectivity index (χ2v) is 5.24. The Hall–Kier alpha value is -3.42. The molecule has 2 aromatic carbocycles. The van der Waals surface area contributed by atoms with Crippen molar-refractivity contribution in [2.24, 2.45) is 0 Å². The molecule has 0 radical (unpaired) electrons. The van der Waals surface area contributed by atoms with Crippen molar-refractivity contribution >= 4 is 11.8 Å². The number of ether oxygens (including phenoxy) is 5. The van der Waals surface area contributed by atoms with E-state index in [2.05, 4.69) is 0 Å². The van der Waals surface area contributed by atoms with Crippen LogP contribution < -0.4 is 23.7 Å². The van der Waals surface area contributed by atoms with Gasteiger partial charge in [0.1, 0.15) is 0 Å². The first-order chi connectivity index (χ1) is 12.9. The van der Waals surface area contributed by atoms with E-state index in [-0.39, 0.29) is 39.7 Å². The number of carboxylic acid groups (broad SMARTS) is 1. The number of carbonyl (C=O) groups is 2. The smallest absolute Gasteiger partial charge is 0.336 e. The molecule has 0 unspecified atom stereocenters. The predicted octanol–water partition coefficient (Wildman–Crippen LogP) is 2.66. The minimum absolute atomic E-state index is 0.0132. The molecule has 0 spiro atoms. The van der Waals surface area contributed by atoms with Gasteiger partial charge < -0.3 is 28.8 Å². The summed E-state index contributed by atoms with van der Waals surface area (Å²) in [4.78, 5) is 25.0. The van der Waals surface area contributed by atoms with E-state index in [1.165, 1.54) is 59.8 Å². The second-order valence-electron chi connectivity index (χ2n) is 5.24. The first-order valence-corrected chi connectivity index (χ1v) is 7.77. The molecule has 0 amide bonds. The van der Waals surface area contributed by atoms with Crippen LogP contribution in [0, 0.1) is 0 Å². The molecule has 0 aromatic heterocycles. The summed E-state index contributed by atoms with van der Waals surface area (Å²) in [5.74, 6) is -0.973. The van der Waals surface area contributed by atoms with Gasteiger partial charge in [0.25, 0.3) is 0 Å². The molecule has 0 bridgehead atoms. The van der Waals surface area contributed by atoms with Gasteiger partial charge in [-0.15, -0.1) is 0 Å². The fourth-order valence-corrected chi connectivity index (χ4v) is 2.75. The van der Waals surface area contributed by atoms with Crippen molar-refractivity contribution in [2.45, 2.75) is 0 Å². The van der Waals surface area contributed by atoms with Crippen LogP contribution >= 0.6 is 0 Å². The zero-order valence-electron chi connectivity index (χ0n) is 15.6. The maximum atomic E-state index is 13.3. The first kappa shape index (κ1) is 19.9. The zero-order chi connectivity index (χ0) is 20.1. The predicted molar refractivity (Wildman–Crippen MR) is 96.0 cm³/mol. The van der Waals surface area contributed by atoms with Crippen molar-refractivity contribution in [2.75, 3.05) is 35.5 Å². The molecule has 2 rings (SSSR count). The molecule has 8 nitrogen and oxygen atoms in total. The van der Waals surface area contributed by atoms with E-state index < -0.39 is 11.8 Å². The number of rotatable bonds is 8. The number of aromatic carboxylic acids is 1. The summed E-state index contributed by atoms with van der Waals surface area (Å²) in [6, 6.07) is 5.70. The van der Waals surface area contributed by atoms with Crippen molar-refractivity contribution in [3.8, 4) is 28.7 Å². The average molecular weight is 376 g/mol. The van der Waals surface area contributed by atoms with Crippen molar-refractivity contribution < 1.29 is 38.4 Å². The maximum Gasteiger partial charge on any atom is 0.336 e. The summed E-state index contributed by atoms with van der Waals surface area (Å²) in [5.41, 5.74) is -0.298. The van der Waals surface area contributed by atoms with E-state index in [1.807, 2.05) is 0 Å². The van der Waals surface area contributed by atoms with Gasteiger partial charge in [0.15, 0.2) is 23.0 Å². The van der Waals surface area contributed by atoms with Gasteiger partial charge in [-0.3, -0.25) is 4.79 Å². The monoisotopic (exact) mass is 376 g/mol. The molecule has 0 aliphatic rings. The Balaban J connectivity index is 2.80. The molecule has 0 saturated heterocycles. The number of carboxylic acids is 1. The molecule has 0 aliphatic carbocycles. The molecule has 8 heteroatoms. The molecule has 2 aromatic rings. The Morgan fingerprint density at radius 1 is 0.667 bits per heavy atom. The van der Waals surface area contributed by atoms with Crippen molar-refractivity contribution in [1.82, 2.24) is 0 Å². The number of hydrogen-bond donors (Lipinski definition) is 1. The topological polar surface area (TPSA) is 101 Å². The van der Waals surface area contributed by atoms with Crippen LogP contribution in [-0.4, -0.2) is 52.4 Å². The van der Waals surface area contributed by atoms with Crippen LogP contribution in [0.2, 0.25) is 0 Å². The largest absolute Gasteiger partial charge is 0.493 e. The summed E-state index contributed by atoms with van der Waals surface area (Å²) in [6.07, 6.45) is 0. The minimum atomic E-state index is -1.28. The molecule has 144 valence electrons. The Bertz CT molecular complexity index is 872. The summed E-state index contributed by atoms with van der Waals surface area (Å²) >= 11 is 0. The molecule has 0 fully saturated rings. The maximum absolute atomic E-state index is 13.3. The summed E-state index contributed by atoms with van der Waals surface area (Å²) in [7, 11) is 6.94. The van der Waals surface area contributed by atoms with E-state index in [1.54, 1.807) is 0 Å². The van der Waals surface area contributed by atoms with E-state index >= 15 is 0 Å². The van der Waals surface area contributed by atoms with Crippen molar-refractivity contribution in [1.29, 1.82) is 0 Å². The summed E-state index contributed by atoms with van der Waals surface area (Å²) in [5, 5.41) is 9.53. The van der Waals surface area contributed by atoms with Crippen LogP contribution in [0.3, 0.4) is 0 Å². The molecule has 0 heterocycles. The van der Waals surface area contributed by atoms with Crippen LogP contribution in [0.1, 0.15) is 26.3 Å². The lowest BCUT2D eigenvalue weighted by Crippen LogP contribution is -2.14. The van der Waals surface area contributed by atoms with E-state index in [0.29, 0.717) is 5.75 Å². The van der Waals surface area contributed by atoms with E-state index in [0.717, 1.165) is 0 Å². The highest BCUT2D eigenvalue weighted by atomic mass is 16.5. The number of ketones is 1. The molecular weight excluding hydrogens is 356 g/mol. The Morgan fingerprint density at radius 2 is 1.15 bits per heavy atom. The van der Waals surface area contributed by atoms with Crippen molar-refractivity contribution in [3.05, 3.63) is 41.0 Å². The van der Waals surface area contributed by atoms with E-state index in [9.17, 15) is 14.7 Å². The second kappa shape index (κ2) is 8.31. The fourth-order valence-electron chi connectivity index (χ4n) is 2.75. The molecular formula is C19H20O8. The first-order valence-electron chi connectivity index (χ1n) is 7.77. The van der Waals surface area contributed by atoms with Gasteiger partial charge in [0, 0.05) is 0 Å². The van der Waals surface area contributed by atoms with Gasteiger partial charge >= 0.3 is 5.97 Å². The number of hydrogen-bond acceptors (Lipinski definition) is 7. The van der Waals surface area contributed by atoms with Crippen LogP contribution in [0.15, 0.2) is 24.3 Å². The van der Waals surface area contributed by atoms with Crippen molar-refractivity contribution in [3.63, 3.8) is 0 Å². The highest BCUT2D eigenvalue weighted by molar-refractivity contribution is 6.18. The molecule has 0 saturated carbocycles. The Kier molecular flexibility index (Phi) is 6.12. The van der Waals surface area contributed by atoms with Gasteiger partial charge in [0.2, 0.25) is 11.5 Å². The Labute approximate surface area is 156 Å². The average Bonchev–Trinajstić information content (AvgIpc) is 2.70. The molecule has 0 aliphatic heterocycles. The van der Waals surface area contributed by atoms with Gasteiger partial charge in [-0.1, -0.05) is 0 Å².